The quantitative estimate of drug-likeness (QED) is 0.883. The van der Waals surface area contributed by atoms with E-state index in [2.05, 4.69) is 4.90 Å². The van der Waals surface area contributed by atoms with Crippen LogP contribution in [0.1, 0.15) is 31.2 Å². The first-order chi connectivity index (χ1) is 8.72. The van der Waals surface area contributed by atoms with E-state index in [0.29, 0.717) is 17.6 Å². The second-order valence-electron chi connectivity index (χ2n) is 4.88. The van der Waals surface area contributed by atoms with Crippen LogP contribution in [-0.4, -0.2) is 34.3 Å². The monoisotopic (exact) mass is 269 g/mol. The molecule has 0 aromatic heterocycles. The molecule has 0 saturated carbocycles. The molecule has 1 fully saturated rings. The van der Waals surface area contributed by atoms with Gasteiger partial charge in [-0.1, -0.05) is 30.2 Å². The van der Waals surface area contributed by atoms with Crippen molar-refractivity contribution < 1.29 is 10.2 Å². The predicted octanol–water partition coefficient (Wildman–Crippen LogP) is 2.78. The Morgan fingerprint density at radius 3 is 2.94 bits per heavy atom. The molecule has 1 aromatic carbocycles. The van der Waals surface area contributed by atoms with E-state index in [4.69, 9.17) is 16.7 Å². The Morgan fingerprint density at radius 2 is 2.17 bits per heavy atom. The lowest BCUT2D eigenvalue weighted by atomic mass is 9.98. The van der Waals surface area contributed by atoms with Gasteiger partial charge >= 0.3 is 0 Å². The Bertz CT molecular complexity index is 395. The topological polar surface area (TPSA) is 43.7 Å². The zero-order chi connectivity index (χ0) is 13.0. The van der Waals surface area contributed by atoms with Gasteiger partial charge in [0.2, 0.25) is 0 Å². The first kappa shape index (κ1) is 13.7. The fourth-order valence-corrected chi connectivity index (χ4v) is 2.84. The first-order valence-corrected chi connectivity index (χ1v) is 6.91. The summed E-state index contributed by atoms with van der Waals surface area (Å²) in [5.41, 5.74) is 0.868. The Kier molecular flexibility index (Phi) is 4.87. The van der Waals surface area contributed by atoms with E-state index in [1.54, 1.807) is 6.07 Å². The smallest absolute Gasteiger partial charge is 0.138 e. The first-order valence-electron chi connectivity index (χ1n) is 6.53. The lowest BCUT2D eigenvalue weighted by molar-refractivity contribution is 0.111. The number of piperidine rings is 1. The van der Waals surface area contributed by atoms with E-state index in [1.165, 1.54) is 12.8 Å². The number of likely N-dealkylation sites (tertiary alicyclic amines) is 1. The summed E-state index contributed by atoms with van der Waals surface area (Å²) in [4.78, 5) is 2.34. The van der Waals surface area contributed by atoms with Gasteiger partial charge in [-0.3, -0.25) is 4.90 Å². The molecule has 100 valence electrons. The van der Waals surface area contributed by atoms with Crippen molar-refractivity contribution in [1.82, 2.24) is 4.90 Å². The Labute approximate surface area is 113 Å². The third-order valence-corrected chi connectivity index (χ3v) is 3.96. The van der Waals surface area contributed by atoms with Crippen molar-refractivity contribution in [2.24, 2.45) is 0 Å². The van der Waals surface area contributed by atoms with Gasteiger partial charge in [-0.15, -0.1) is 0 Å². The standard InChI is InChI=1S/C14H20ClNO2/c15-13-6-3-4-11(14(13)18)10-16-8-2-1-5-12(16)7-9-17/h3-4,6,12,17-18H,1-2,5,7-10H2. The molecule has 1 atom stereocenters. The lowest BCUT2D eigenvalue weighted by Crippen LogP contribution is -2.39. The fourth-order valence-electron chi connectivity index (χ4n) is 2.65. The van der Waals surface area contributed by atoms with Crippen LogP contribution in [0.15, 0.2) is 18.2 Å². The number of nitrogens with zero attached hydrogens (tertiary/aromatic N) is 1. The molecule has 1 aliphatic heterocycles. The fraction of sp³-hybridized carbons (Fsp3) is 0.571. The maximum absolute atomic E-state index is 9.94. The third-order valence-electron chi connectivity index (χ3n) is 3.66. The van der Waals surface area contributed by atoms with Gasteiger partial charge in [0, 0.05) is 24.8 Å². The Morgan fingerprint density at radius 1 is 1.33 bits per heavy atom. The van der Waals surface area contributed by atoms with Crippen molar-refractivity contribution in [1.29, 1.82) is 0 Å². The maximum atomic E-state index is 9.94. The van der Waals surface area contributed by atoms with Crippen molar-refractivity contribution >= 4 is 11.6 Å². The summed E-state index contributed by atoms with van der Waals surface area (Å²) in [5, 5.41) is 19.4. The minimum absolute atomic E-state index is 0.187. The molecule has 0 bridgehead atoms. The largest absolute Gasteiger partial charge is 0.506 e. The molecule has 0 spiro atoms. The molecule has 4 heteroatoms. The highest BCUT2D eigenvalue weighted by atomic mass is 35.5. The highest BCUT2D eigenvalue weighted by Crippen LogP contribution is 2.30. The summed E-state index contributed by atoms with van der Waals surface area (Å²) in [6, 6.07) is 5.89. The van der Waals surface area contributed by atoms with E-state index < -0.39 is 0 Å². The van der Waals surface area contributed by atoms with Crippen LogP contribution >= 0.6 is 11.6 Å². The molecule has 1 unspecified atom stereocenters. The molecule has 1 heterocycles. The van der Waals surface area contributed by atoms with Gasteiger partial charge in [-0.05, 0) is 31.9 Å². The Balaban J connectivity index is 2.08. The molecule has 2 rings (SSSR count). The number of aliphatic hydroxyl groups excluding tert-OH is 1. The summed E-state index contributed by atoms with van der Waals surface area (Å²) in [6.45, 7) is 1.95. The average molecular weight is 270 g/mol. The summed E-state index contributed by atoms with van der Waals surface area (Å²) in [6.07, 6.45) is 4.34. The number of aromatic hydroxyl groups is 1. The van der Waals surface area contributed by atoms with Gasteiger partial charge in [0.15, 0.2) is 0 Å². The van der Waals surface area contributed by atoms with Crippen molar-refractivity contribution in [3.8, 4) is 5.75 Å². The normalized spacial score (nSPS) is 21.1. The Hall–Kier alpha value is -0.770. The van der Waals surface area contributed by atoms with Crippen molar-refractivity contribution in [2.45, 2.75) is 38.3 Å². The summed E-state index contributed by atoms with van der Waals surface area (Å²) < 4.78 is 0. The third kappa shape index (κ3) is 3.16. The zero-order valence-electron chi connectivity index (χ0n) is 10.5. The molecule has 1 saturated heterocycles. The number of benzene rings is 1. The molecule has 0 radical (unpaired) electrons. The predicted molar refractivity (Wildman–Crippen MR) is 72.9 cm³/mol. The molecule has 2 N–H and O–H groups in total. The van der Waals surface area contributed by atoms with Gasteiger partial charge in [-0.25, -0.2) is 0 Å². The van der Waals surface area contributed by atoms with Gasteiger partial charge < -0.3 is 10.2 Å². The van der Waals surface area contributed by atoms with Gasteiger partial charge in [-0.2, -0.15) is 0 Å². The minimum atomic E-state index is 0.187. The van der Waals surface area contributed by atoms with Crippen LogP contribution in [-0.2, 0) is 6.54 Å². The molecule has 0 aliphatic carbocycles. The molecular formula is C14H20ClNO2. The number of phenolic OH excluding ortho intramolecular Hbond substituents is 1. The minimum Gasteiger partial charge on any atom is -0.506 e. The van der Waals surface area contributed by atoms with Crippen LogP contribution in [0.25, 0.3) is 0 Å². The summed E-state index contributed by atoms with van der Waals surface area (Å²) in [5.74, 6) is 0.187. The van der Waals surface area contributed by atoms with Crippen LogP contribution in [0.3, 0.4) is 0 Å². The average Bonchev–Trinajstić information content (AvgIpc) is 2.37. The van der Waals surface area contributed by atoms with Gasteiger partial charge in [0.25, 0.3) is 0 Å². The van der Waals surface area contributed by atoms with Crippen molar-refractivity contribution in [3.05, 3.63) is 28.8 Å². The van der Waals surface area contributed by atoms with Crippen molar-refractivity contribution in [2.75, 3.05) is 13.2 Å². The molecule has 0 amide bonds. The van der Waals surface area contributed by atoms with E-state index in [-0.39, 0.29) is 12.4 Å². The van der Waals surface area contributed by atoms with Crippen LogP contribution in [0.2, 0.25) is 5.02 Å². The zero-order valence-corrected chi connectivity index (χ0v) is 11.2. The number of hydrogen-bond acceptors (Lipinski definition) is 3. The van der Waals surface area contributed by atoms with E-state index in [0.717, 1.165) is 24.9 Å². The van der Waals surface area contributed by atoms with E-state index >= 15 is 0 Å². The maximum Gasteiger partial charge on any atom is 0.138 e. The molecule has 1 aliphatic rings. The van der Waals surface area contributed by atoms with Crippen LogP contribution < -0.4 is 0 Å². The molecule has 3 nitrogen and oxygen atoms in total. The number of halogens is 1. The number of aliphatic hydroxyl groups is 1. The van der Waals surface area contributed by atoms with Crippen molar-refractivity contribution in [3.63, 3.8) is 0 Å². The second-order valence-corrected chi connectivity index (χ2v) is 5.29. The second kappa shape index (κ2) is 6.41. The lowest BCUT2D eigenvalue weighted by Gasteiger charge is -2.35. The van der Waals surface area contributed by atoms with E-state index in [9.17, 15) is 5.11 Å². The molecule has 18 heavy (non-hydrogen) atoms. The van der Waals surface area contributed by atoms with Gasteiger partial charge in [0.05, 0.1) is 5.02 Å². The highest BCUT2D eigenvalue weighted by molar-refractivity contribution is 6.32. The van der Waals surface area contributed by atoms with Gasteiger partial charge in [0.1, 0.15) is 5.75 Å². The van der Waals surface area contributed by atoms with Crippen LogP contribution in [0.4, 0.5) is 0 Å². The number of rotatable bonds is 4. The number of para-hydroxylation sites is 1. The van der Waals surface area contributed by atoms with Crippen LogP contribution in [0.5, 0.6) is 5.75 Å². The number of hydrogen-bond donors (Lipinski definition) is 2. The number of phenols is 1. The summed E-state index contributed by atoms with van der Waals surface area (Å²) >= 11 is 5.92. The summed E-state index contributed by atoms with van der Waals surface area (Å²) in [7, 11) is 0. The van der Waals surface area contributed by atoms with Crippen LogP contribution in [0, 0.1) is 0 Å². The highest BCUT2D eigenvalue weighted by Gasteiger charge is 2.22. The molecular weight excluding hydrogens is 250 g/mol. The molecule has 1 aromatic rings. The SMILES string of the molecule is OCCC1CCCCN1Cc1cccc(Cl)c1O. The van der Waals surface area contributed by atoms with E-state index in [1.807, 2.05) is 12.1 Å².